The quantitative estimate of drug-likeness (QED) is 0.880. The molecule has 2 aromatic rings. The highest BCUT2D eigenvalue weighted by Crippen LogP contribution is 2.26. The van der Waals surface area contributed by atoms with Gasteiger partial charge in [-0.05, 0) is 49.2 Å². The smallest absolute Gasteiger partial charge is 0.127 e. The van der Waals surface area contributed by atoms with E-state index in [1.165, 1.54) is 24.8 Å². The van der Waals surface area contributed by atoms with Gasteiger partial charge in [-0.2, -0.15) is 0 Å². The van der Waals surface area contributed by atoms with Gasteiger partial charge < -0.3 is 10.1 Å². The van der Waals surface area contributed by atoms with E-state index in [-0.39, 0.29) is 0 Å². The standard InChI is InChI=1S/C17H19NO/c1-2-6-15(7-3-1)19-16-11-9-14(10-12-16)17-8-4-5-13-18-17/h1-3,6-7,9-12,17-18H,4-5,8,13H2. The van der Waals surface area contributed by atoms with Crippen molar-refractivity contribution in [2.75, 3.05) is 6.54 Å². The third-order valence-electron chi connectivity index (χ3n) is 3.57. The number of hydrogen-bond acceptors (Lipinski definition) is 2. The Hall–Kier alpha value is -1.80. The van der Waals surface area contributed by atoms with Gasteiger partial charge in [0.25, 0.3) is 0 Å². The topological polar surface area (TPSA) is 21.3 Å². The molecule has 1 fully saturated rings. The van der Waals surface area contributed by atoms with Crippen LogP contribution < -0.4 is 10.1 Å². The largest absolute Gasteiger partial charge is 0.457 e. The number of para-hydroxylation sites is 1. The summed E-state index contributed by atoms with van der Waals surface area (Å²) >= 11 is 0. The van der Waals surface area contributed by atoms with E-state index in [4.69, 9.17) is 4.74 Å². The van der Waals surface area contributed by atoms with Gasteiger partial charge in [0, 0.05) is 6.04 Å². The molecule has 0 amide bonds. The molecule has 0 spiro atoms. The van der Waals surface area contributed by atoms with Crippen molar-refractivity contribution in [3.63, 3.8) is 0 Å². The molecule has 1 saturated heterocycles. The van der Waals surface area contributed by atoms with Gasteiger partial charge in [0.05, 0.1) is 0 Å². The lowest BCUT2D eigenvalue weighted by Crippen LogP contribution is -2.26. The highest BCUT2D eigenvalue weighted by Gasteiger charge is 2.14. The van der Waals surface area contributed by atoms with Crippen molar-refractivity contribution in [1.82, 2.24) is 5.32 Å². The van der Waals surface area contributed by atoms with Gasteiger partial charge in [0.2, 0.25) is 0 Å². The van der Waals surface area contributed by atoms with Crippen molar-refractivity contribution in [3.05, 3.63) is 60.2 Å². The van der Waals surface area contributed by atoms with Crippen LogP contribution >= 0.6 is 0 Å². The van der Waals surface area contributed by atoms with Gasteiger partial charge in [-0.15, -0.1) is 0 Å². The van der Waals surface area contributed by atoms with E-state index in [2.05, 4.69) is 29.6 Å². The average molecular weight is 253 g/mol. The minimum atomic E-state index is 0.513. The molecule has 0 aromatic heterocycles. The summed E-state index contributed by atoms with van der Waals surface area (Å²) < 4.78 is 5.80. The maximum absolute atomic E-state index is 5.80. The van der Waals surface area contributed by atoms with Crippen molar-refractivity contribution in [3.8, 4) is 11.5 Å². The normalized spacial score (nSPS) is 19.1. The second kappa shape index (κ2) is 5.89. The van der Waals surface area contributed by atoms with Crippen molar-refractivity contribution in [2.24, 2.45) is 0 Å². The zero-order valence-electron chi connectivity index (χ0n) is 11.0. The zero-order chi connectivity index (χ0) is 12.9. The molecule has 0 radical (unpaired) electrons. The van der Waals surface area contributed by atoms with Crippen LogP contribution in [0.3, 0.4) is 0 Å². The van der Waals surface area contributed by atoms with Gasteiger partial charge in [-0.3, -0.25) is 0 Å². The molecule has 1 aliphatic heterocycles. The predicted molar refractivity (Wildman–Crippen MR) is 77.6 cm³/mol. The maximum Gasteiger partial charge on any atom is 0.127 e. The average Bonchev–Trinajstić information content (AvgIpc) is 2.50. The number of nitrogens with one attached hydrogen (secondary N) is 1. The fraction of sp³-hybridized carbons (Fsp3) is 0.294. The Bertz CT molecular complexity index is 501. The van der Waals surface area contributed by atoms with Crippen LogP contribution in [-0.2, 0) is 0 Å². The summed E-state index contributed by atoms with van der Waals surface area (Å²) in [5.74, 6) is 1.77. The Labute approximate surface area is 114 Å². The summed E-state index contributed by atoms with van der Waals surface area (Å²) in [6.07, 6.45) is 3.85. The minimum Gasteiger partial charge on any atom is -0.457 e. The Balaban J connectivity index is 1.68. The summed E-state index contributed by atoms with van der Waals surface area (Å²) in [4.78, 5) is 0. The van der Waals surface area contributed by atoms with Crippen LogP contribution in [0.4, 0.5) is 0 Å². The number of hydrogen-bond donors (Lipinski definition) is 1. The summed E-state index contributed by atoms with van der Waals surface area (Å²) in [7, 11) is 0. The summed E-state index contributed by atoms with van der Waals surface area (Å²) in [5.41, 5.74) is 1.36. The minimum absolute atomic E-state index is 0.513. The summed E-state index contributed by atoms with van der Waals surface area (Å²) in [6, 6.07) is 18.8. The van der Waals surface area contributed by atoms with Crippen LogP contribution in [0.25, 0.3) is 0 Å². The van der Waals surface area contributed by atoms with Crippen LogP contribution in [0.5, 0.6) is 11.5 Å². The molecular formula is C17H19NO. The zero-order valence-corrected chi connectivity index (χ0v) is 11.0. The van der Waals surface area contributed by atoms with E-state index in [0.717, 1.165) is 18.0 Å². The number of rotatable bonds is 3. The Morgan fingerprint density at radius 1 is 0.842 bits per heavy atom. The lowest BCUT2D eigenvalue weighted by atomic mass is 9.98. The molecule has 0 aliphatic carbocycles. The summed E-state index contributed by atoms with van der Waals surface area (Å²) in [6.45, 7) is 1.13. The van der Waals surface area contributed by atoms with Crippen molar-refractivity contribution in [1.29, 1.82) is 0 Å². The molecule has 0 saturated carbocycles. The molecule has 1 heterocycles. The second-order valence-electron chi connectivity index (χ2n) is 4.99. The third-order valence-corrected chi connectivity index (χ3v) is 3.57. The van der Waals surface area contributed by atoms with Crippen LogP contribution in [-0.4, -0.2) is 6.54 Å². The number of piperidine rings is 1. The van der Waals surface area contributed by atoms with Gasteiger partial charge in [0.15, 0.2) is 0 Å². The monoisotopic (exact) mass is 253 g/mol. The highest BCUT2D eigenvalue weighted by molar-refractivity contribution is 5.34. The van der Waals surface area contributed by atoms with E-state index >= 15 is 0 Å². The van der Waals surface area contributed by atoms with Gasteiger partial charge in [-0.1, -0.05) is 36.8 Å². The first-order valence-corrected chi connectivity index (χ1v) is 6.98. The molecule has 98 valence electrons. The Kier molecular flexibility index (Phi) is 3.80. The van der Waals surface area contributed by atoms with Gasteiger partial charge in [-0.25, -0.2) is 0 Å². The first-order chi connectivity index (χ1) is 9.42. The highest BCUT2D eigenvalue weighted by atomic mass is 16.5. The van der Waals surface area contributed by atoms with Gasteiger partial charge in [0.1, 0.15) is 11.5 Å². The SMILES string of the molecule is c1ccc(Oc2ccc(C3CCCCN3)cc2)cc1. The molecule has 1 atom stereocenters. The molecule has 1 unspecified atom stereocenters. The van der Waals surface area contributed by atoms with Crippen LogP contribution in [0.1, 0.15) is 30.9 Å². The van der Waals surface area contributed by atoms with Crippen molar-refractivity contribution < 1.29 is 4.74 Å². The molecule has 2 heteroatoms. The Morgan fingerprint density at radius 2 is 1.58 bits per heavy atom. The van der Waals surface area contributed by atoms with E-state index in [0.29, 0.717) is 6.04 Å². The molecule has 1 N–H and O–H groups in total. The third kappa shape index (κ3) is 3.15. The Morgan fingerprint density at radius 3 is 2.26 bits per heavy atom. The molecule has 2 aromatic carbocycles. The van der Waals surface area contributed by atoms with Crippen molar-refractivity contribution >= 4 is 0 Å². The molecule has 19 heavy (non-hydrogen) atoms. The van der Waals surface area contributed by atoms with E-state index < -0.39 is 0 Å². The number of benzene rings is 2. The predicted octanol–water partition coefficient (Wildman–Crippen LogP) is 4.29. The fourth-order valence-electron chi connectivity index (χ4n) is 2.53. The van der Waals surface area contributed by atoms with Crippen LogP contribution in [0, 0.1) is 0 Å². The van der Waals surface area contributed by atoms with Crippen molar-refractivity contribution in [2.45, 2.75) is 25.3 Å². The second-order valence-corrected chi connectivity index (χ2v) is 4.99. The maximum atomic E-state index is 5.80. The molecular weight excluding hydrogens is 234 g/mol. The molecule has 3 rings (SSSR count). The first kappa shape index (κ1) is 12.2. The fourth-order valence-corrected chi connectivity index (χ4v) is 2.53. The lowest BCUT2D eigenvalue weighted by Gasteiger charge is -2.23. The van der Waals surface area contributed by atoms with E-state index in [9.17, 15) is 0 Å². The van der Waals surface area contributed by atoms with Crippen LogP contribution in [0.15, 0.2) is 54.6 Å². The summed E-state index contributed by atoms with van der Waals surface area (Å²) in [5, 5.41) is 3.56. The lowest BCUT2D eigenvalue weighted by molar-refractivity contribution is 0.411. The molecule has 2 nitrogen and oxygen atoms in total. The molecule has 1 aliphatic rings. The first-order valence-electron chi connectivity index (χ1n) is 6.98. The molecule has 0 bridgehead atoms. The number of ether oxygens (including phenoxy) is 1. The van der Waals surface area contributed by atoms with E-state index in [1.54, 1.807) is 0 Å². The van der Waals surface area contributed by atoms with Crippen LogP contribution in [0.2, 0.25) is 0 Å². The van der Waals surface area contributed by atoms with Gasteiger partial charge >= 0.3 is 0 Å². The van der Waals surface area contributed by atoms with E-state index in [1.807, 2.05) is 30.3 Å².